The summed E-state index contributed by atoms with van der Waals surface area (Å²) in [5.74, 6) is -0.900. The van der Waals surface area contributed by atoms with Crippen molar-refractivity contribution in [2.75, 3.05) is 0 Å². The minimum absolute atomic E-state index is 0.324. The van der Waals surface area contributed by atoms with Crippen molar-refractivity contribution in [1.82, 2.24) is 9.97 Å². The van der Waals surface area contributed by atoms with Gasteiger partial charge in [-0.25, -0.2) is 4.79 Å². The number of pyridine rings is 1. The summed E-state index contributed by atoms with van der Waals surface area (Å²) < 4.78 is 0. The highest BCUT2D eigenvalue weighted by atomic mass is 16.4. The van der Waals surface area contributed by atoms with Crippen LogP contribution in [0.5, 0.6) is 0 Å². The first-order valence-electron chi connectivity index (χ1n) is 6.06. The van der Waals surface area contributed by atoms with Crippen molar-refractivity contribution >= 4 is 5.97 Å². The second kappa shape index (κ2) is 3.98. The summed E-state index contributed by atoms with van der Waals surface area (Å²) in [4.78, 5) is 18.8. The van der Waals surface area contributed by atoms with E-state index >= 15 is 0 Å². The topological polar surface area (TPSA) is 66.0 Å². The molecule has 0 saturated carbocycles. The van der Waals surface area contributed by atoms with Gasteiger partial charge in [-0.05, 0) is 37.3 Å². The number of fused-ring (bicyclic) bond motifs is 3. The zero-order valence-corrected chi connectivity index (χ0v) is 10.2. The van der Waals surface area contributed by atoms with Crippen LogP contribution in [0.1, 0.15) is 33.6 Å². The van der Waals surface area contributed by atoms with Crippen LogP contribution in [0.3, 0.4) is 0 Å². The van der Waals surface area contributed by atoms with Gasteiger partial charge in [-0.3, -0.25) is 4.98 Å². The molecule has 1 aliphatic rings. The monoisotopic (exact) mass is 242 g/mol. The number of nitrogens with zero attached hydrogens (tertiary/aromatic N) is 1. The number of aromatic carboxylic acids is 1. The Morgan fingerprint density at radius 2 is 2.28 bits per heavy atom. The third-order valence-corrected chi connectivity index (χ3v) is 3.41. The first-order chi connectivity index (χ1) is 8.66. The molecule has 2 aromatic heterocycles. The molecule has 0 radical (unpaired) electrons. The fourth-order valence-electron chi connectivity index (χ4n) is 2.60. The van der Waals surface area contributed by atoms with Gasteiger partial charge >= 0.3 is 5.97 Å². The smallest absolute Gasteiger partial charge is 0.337 e. The van der Waals surface area contributed by atoms with Gasteiger partial charge in [0, 0.05) is 23.7 Å². The summed E-state index contributed by atoms with van der Waals surface area (Å²) in [6.07, 6.45) is 6.21. The number of aromatic nitrogens is 2. The van der Waals surface area contributed by atoms with Crippen molar-refractivity contribution in [2.45, 2.75) is 26.2 Å². The van der Waals surface area contributed by atoms with Crippen molar-refractivity contribution in [2.24, 2.45) is 0 Å². The van der Waals surface area contributed by atoms with Crippen LogP contribution in [0.2, 0.25) is 0 Å². The van der Waals surface area contributed by atoms with Crippen molar-refractivity contribution < 1.29 is 9.90 Å². The molecule has 0 fully saturated rings. The Morgan fingerprint density at radius 1 is 1.44 bits per heavy atom. The zero-order valence-electron chi connectivity index (χ0n) is 10.2. The summed E-state index contributed by atoms with van der Waals surface area (Å²) in [6, 6.07) is 2.11. The lowest BCUT2D eigenvalue weighted by molar-refractivity contribution is 0.0698. The third kappa shape index (κ3) is 1.61. The Bertz CT molecular complexity index is 629. The van der Waals surface area contributed by atoms with E-state index in [9.17, 15) is 9.90 Å². The van der Waals surface area contributed by atoms with Gasteiger partial charge in [-0.15, -0.1) is 0 Å². The van der Waals surface area contributed by atoms with E-state index in [-0.39, 0.29) is 0 Å². The van der Waals surface area contributed by atoms with E-state index in [4.69, 9.17) is 0 Å². The second-order valence-electron chi connectivity index (χ2n) is 4.74. The summed E-state index contributed by atoms with van der Waals surface area (Å²) >= 11 is 0. The van der Waals surface area contributed by atoms with E-state index < -0.39 is 5.97 Å². The first kappa shape index (κ1) is 11.0. The van der Waals surface area contributed by atoms with Crippen LogP contribution in [0.25, 0.3) is 11.3 Å². The SMILES string of the molecule is Cc1cnc2c(c1)CCCc1[nH]cc(C(=O)O)c1-2. The van der Waals surface area contributed by atoms with Gasteiger partial charge in [0.1, 0.15) is 0 Å². The largest absolute Gasteiger partial charge is 0.478 e. The Kier molecular flexibility index (Phi) is 2.44. The van der Waals surface area contributed by atoms with Crippen molar-refractivity contribution in [1.29, 1.82) is 0 Å². The zero-order chi connectivity index (χ0) is 12.7. The van der Waals surface area contributed by atoms with E-state index in [1.54, 1.807) is 12.4 Å². The molecule has 92 valence electrons. The van der Waals surface area contributed by atoms with Crippen molar-refractivity contribution in [3.05, 3.63) is 40.8 Å². The number of nitrogens with one attached hydrogen (secondary N) is 1. The van der Waals surface area contributed by atoms with Crippen LogP contribution in [-0.4, -0.2) is 21.0 Å². The predicted octanol–water partition coefficient (Wildman–Crippen LogP) is 2.57. The fraction of sp³-hybridized carbons (Fsp3) is 0.286. The van der Waals surface area contributed by atoms with Crippen LogP contribution in [0, 0.1) is 6.92 Å². The molecular formula is C14H14N2O2. The van der Waals surface area contributed by atoms with Gasteiger partial charge in [-0.2, -0.15) is 0 Å². The van der Waals surface area contributed by atoms with Crippen LogP contribution in [-0.2, 0) is 12.8 Å². The molecule has 0 atom stereocenters. The summed E-state index contributed by atoms with van der Waals surface area (Å²) in [6.45, 7) is 2.01. The molecule has 2 aromatic rings. The van der Waals surface area contributed by atoms with Gasteiger partial charge < -0.3 is 10.1 Å². The fourth-order valence-corrected chi connectivity index (χ4v) is 2.60. The van der Waals surface area contributed by atoms with E-state index in [1.807, 2.05) is 6.92 Å². The summed E-state index contributed by atoms with van der Waals surface area (Å²) in [5, 5.41) is 9.25. The maximum atomic E-state index is 11.3. The Hall–Kier alpha value is -2.10. The average Bonchev–Trinajstić information content (AvgIpc) is 2.66. The molecule has 0 aliphatic heterocycles. The lowest BCUT2D eigenvalue weighted by Gasteiger charge is -2.07. The molecule has 2 heterocycles. The number of rotatable bonds is 1. The number of hydrogen-bond donors (Lipinski definition) is 2. The van der Waals surface area contributed by atoms with Crippen LogP contribution in [0.15, 0.2) is 18.5 Å². The highest BCUT2D eigenvalue weighted by Gasteiger charge is 2.23. The third-order valence-electron chi connectivity index (χ3n) is 3.41. The molecule has 0 aromatic carbocycles. The molecule has 0 spiro atoms. The van der Waals surface area contributed by atoms with Crippen molar-refractivity contribution in [3.8, 4) is 11.3 Å². The molecule has 0 bridgehead atoms. The molecule has 4 heteroatoms. The number of carboxylic acid groups (broad SMARTS) is 1. The average molecular weight is 242 g/mol. The number of H-pyrrole nitrogens is 1. The quantitative estimate of drug-likeness (QED) is 0.807. The summed E-state index contributed by atoms with van der Waals surface area (Å²) in [5.41, 5.74) is 5.18. The normalized spacial score (nSPS) is 13.6. The minimum Gasteiger partial charge on any atom is -0.478 e. The number of carboxylic acids is 1. The highest BCUT2D eigenvalue weighted by Crippen LogP contribution is 2.33. The van der Waals surface area contributed by atoms with Gasteiger partial charge in [0.2, 0.25) is 0 Å². The van der Waals surface area contributed by atoms with E-state index in [2.05, 4.69) is 16.0 Å². The van der Waals surface area contributed by atoms with Crippen LogP contribution < -0.4 is 0 Å². The number of aryl methyl sites for hydroxylation is 3. The number of aromatic amines is 1. The Morgan fingerprint density at radius 3 is 3.06 bits per heavy atom. The molecular weight excluding hydrogens is 228 g/mol. The molecule has 2 N–H and O–H groups in total. The molecule has 18 heavy (non-hydrogen) atoms. The lowest BCUT2D eigenvalue weighted by atomic mass is 10.0. The van der Waals surface area contributed by atoms with Crippen LogP contribution in [0.4, 0.5) is 0 Å². The van der Waals surface area contributed by atoms with Gasteiger partial charge in [0.05, 0.1) is 11.3 Å². The van der Waals surface area contributed by atoms with Gasteiger partial charge in [0.25, 0.3) is 0 Å². The molecule has 1 aliphatic carbocycles. The standard InChI is InChI=1S/C14H14N2O2/c1-8-5-9-3-2-4-11-12(13(9)16-6-8)10(7-15-11)14(17)18/h5-7,15H,2-4H2,1H3,(H,17,18). The lowest BCUT2D eigenvalue weighted by Crippen LogP contribution is -2.00. The maximum Gasteiger partial charge on any atom is 0.337 e. The minimum atomic E-state index is -0.900. The Labute approximate surface area is 105 Å². The van der Waals surface area contributed by atoms with Crippen LogP contribution >= 0.6 is 0 Å². The molecule has 0 saturated heterocycles. The highest BCUT2D eigenvalue weighted by molar-refractivity contribution is 5.96. The second-order valence-corrected chi connectivity index (χ2v) is 4.74. The van der Waals surface area contributed by atoms with Gasteiger partial charge in [0.15, 0.2) is 0 Å². The number of hydrogen-bond acceptors (Lipinski definition) is 2. The molecule has 3 rings (SSSR count). The maximum absolute atomic E-state index is 11.3. The predicted molar refractivity (Wildman–Crippen MR) is 67.7 cm³/mol. The first-order valence-corrected chi connectivity index (χ1v) is 6.06. The molecule has 4 nitrogen and oxygen atoms in total. The number of carbonyl (C=O) groups is 1. The summed E-state index contributed by atoms with van der Waals surface area (Å²) in [7, 11) is 0. The molecule has 0 unspecified atom stereocenters. The van der Waals surface area contributed by atoms with E-state index in [0.29, 0.717) is 5.56 Å². The van der Waals surface area contributed by atoms with Crippen molar-refractivity contribution in [3.63, 3.8) is 0 Å². The Balaban J connectivity index is 2.28. The van der Waals surface area contributed by atoms with Gasteiger partial charge in [-0.1, -0.05) is 6.07 Å². The van der Waals surface area contributed by atoms with E-state index in [1.165, 1.54) is 0 Å². The van der Waals surface area contributed by atoms with E-state index in [0.717, 1.165) is 47.3 Å². The molecule has 0 amide bonds.